The molecule has 156 valence electrons. The molecule has 0 aliphatic heterocycles. The summed E-state index contributed by atoms with van der Waals surface area (Å²) < 4.78 is 5.62. The molecular formula is C24H48O2. The molecular weight excluding hydrogens is 320 g/mol. The molecule has 0 aromatic heterocycles. The van der Waals surface area contributed by atoms with Crippen molar-refractivity contribution < 1.29 is 9.53 Å². The van der Waals surface area contributed by atoms with Gasteiger partial charge in [0.2, 0.25) is 0 Å². The summed E-state index contributed by atoms with van der Waals surface area (Å²) >= 11 is 0. The minimum Gasteiger partial charge on any atom is -0.462 e. The highest BCUT2D eigenvalue weighted by atomic mass is 16.5. The molecule has 0 aliphatic rings. The molecule has 0 aliphatic carbocycles. The molecule has 2 atom stereocenters. The highest BCUT2D eigenvalue weighted by Crippen LogP contribution is 2.19. The molecule has 0 saturated carbocycles. The van der Waals surface area contributed by atoms with E-state index in [2.05, 4.69) is 20.8 Å². The smallest absolute Gasteiger partial charge is 0.309 e. The number of unbranched alkanes of at least 4 members (excludes halogenated alkanes) is 12. The Morgan fingerprint density at radius 3 is 1.58 bits per heavy atom. The first-order valence-electron chi connectivity index (χ1n) is 11.9. The maximum Gasteiger partial charge on any atom is 0.309 e. The third-order valence-electron chi connectivity index (χ3n) is 5.51. The molecule has 0 spiro atoms. The molecule has 0 amide bonds. The van der Waals surface area contributed by atoms with Gasteiger partial charge in [0.25, 0.3) is 0 Å². The highest BCUT2D eigenvalue weighted by molar-refractivity contribution is 5.72. The third-order valence-corrected chi connectivity index (χ3v) is 5.51. The number of hydrogen-bond donors (Lipinski definition) is 0. The zero-order valence-electron chi connectivity index (χ0n) is 18.5. The Hall–Kier alpha value is -0.530. The minimum absolute atomic E-state index is 0.0409. The van der Waals surface area contributed by atoms with E-state index in [1.54, 1.807) is 0 Å². The van der Waals surface area contributed by atoms with E-state index in [0.717, 1.165) is 32.1 Å². The van der Waals surface area contributed by atoms with Crippen molar-refractivity contribution in [1.82, 2.24) is 0 Å². The van der Waals surface area contributed by atoms with Crippen molar-refractivity contribution in [3.63, 3.8) is 0 Å². The van der Waals surface area contributed by atoms with Crippen LogP contribution in [0, 0.1) is 5.92 Å². The number of carbonyl (C=O) groups excluding carboxylic acids is 1. The predicted octanol–water partition coefficient (Wildman–Crippen LogP) is 8.23. The van der Waals surface area contributed by atoms with Crippen LogP contribution in [0.5, 0.6) is 0 Å². The fourth-order valence-electron chi connectivity index (χ4n) is 3.57. The first-order valence-corrected chi connectivity index (χ1v) is 11.9. The lowest BCUT2D eigenvalue weighted by molar-refractivity contribution is -0.154. The van der Waals surface area contributed by atoms with Crippen molar-refractivity contribution in [1.29, 1.82) is 0 Å². The van der Waals surface area contributed by atoms with Gasteiger partial charge in [-0.05, 0) is 26.2 Å². The van der Waals surface area contributed by atoms with Gasteiger partial charge < -0.3 is 4.74 Å². The van der Waals surface area contributed by atoms with Gasteiger partial charge in [-0.25, -0.2) is 0 Å². The van der Waals surface area contributed by atoms with Crippen LogP contribution in [0.2, 0.25) is 0 Å². The molecule has 0 bridgehead atoms. The molecule has 2 heteroatoms. The van der Waals surface area contributed by atoms with Crippen LogP contribution in [0.1, 0.15) is 137 Å². The van der Waals surface area contributed by atoms with Crippen LogP contribution in [0.3, 0.4) is 0 Å². The lowest BCUT2D eigenvalue weighted by Gasteiger charge is -2.18. The Balaban J connectivity index is 3.55. The maximum absolute atomic E-state index is 12.3. The summed E-state index contributed by atoms with van der Waals surface area (Å²) in [6, 6.07) is 0. The Morgan fingerprint density at radius 2 is 1.12 bits per heavy atom. The van der Waals surface area contributed by atoms with E-state index in [1.165, 1.54) is 77.0 Å². The number of ether oxygens (including phenoxy) is 1. The Labute approximate surface area is 164 Å². The molecule has 0 heterocycles. The molecule has 0 N–H and O–H groups in total. The molecule has 0 fully saturated rings. The monoisotopic (exact) mass is 368 g/mol. The summed E-state index contributed by atoms with van der Waals surface area (Å²) in [6.45, 7) is 8.60. The second-order valence-corrected chi connectivity index (χ2v) is 8.17. The van der Waals surface area contributed by atoms with Crippen LogP contribution in [0.4, 0.5) is 0 Å². The molecule has 0 aromatic rings. The van der Waals surface area contributed by atoms with Crippen molar-refractivity contribution in [3.05, 3.63) is 0 Å². The molecule has 0 aromatic carbocycles. The Kier molecular flexibility index (Phi) is 18.8. The minimum atomic E-state index is 0.0409. The number of rotatable bonds is 19. The Morgan fingerprint density at radius 1 is 0.654 bits per heavy atom. The third kappa shape index (κ3) is 15.7. The number of hydrogen-bond acceptors (Lipinski definition) is 2. The second kappa shape index (κ2) is 19.2. The summed E-state index contributed by atoms with van der Waals surface area (Å²) in [5.74, 6) is 0.154. The Bertz CT molecular complexity index is 301. The van der Waals surface area contributed by atoms with Crippen molar-refractivity contribution in [3.8, 4) is 0 Å². The predicted molar refractivity (Wildman–Crippen MR) is 115 cm³/mol. The molecule has 0 radical (unpaired) electrons. The van der Waals surface area contributed by atoms with Crippen LogP contribution >= 0.6 is 0 Å². The van der Waals surface area contributed by atoms with Crippen molar-refractivity contribution in [2.75, 3.05) is 0 Å². The average molecular weight is 369 g/mol. The average Bonchev–Trinajstić information content (AvgIpc) is 2.63. The van der Waals surface area contributed by atoms with Crippen LogP contribution in [-0.2, 0) is 9.53 Å². The normalized spacial score (nSPS) is 13.5. The van der Waals surface area contributed by atoms with E-state index in [9.17, 15) is 4.79 Å². The summed E-state index contributed by atoms with van der Waals surface area (Å²) in [5, 5.41) is 0. The van der Waals surface area contributed by atoms with Crippen LogP contribution in [0.25, 0.3) is 0 Å². The number of carbonyl (C=O) groups is 1. The zero-order valence-corrected chi connectivity index (χ0v) is 18.5. The van der Waals surface area contributed by atoms with Crippen molar-refractivity contribution in [2.45, 2.75) is 143 Å². The number of esters is 1. The van der Waals surface area contributed by atoms with Gasteiger partial charge in [-0.2, -0.15) is 0 Å². The summed E-state index contributed by atoms with van der Waals surface area (Å²) in [7, 11) is 0. The first kappa shape index (κ1) is 25.5. The van der Waals surface area contributed by atoms with E-state index < -0.39 is 0 Å². The first-order chi connectivity index (χ1) is 12.7. The van der Waals surface area contributed by atoms with Gasteiger partial charge >= 0.3 is 5.97 Å². The van der Waals surface area contributed by atoms with Crippen LogP contribution in [-0.4, -0.2) is 12.1 Å². The standard InChI is InChI=1S/C24H48O2/c1-5-8-10-11-12-13-14-15-16-17-18-19-21-23(7-3)24(25)26-22(4)20-9-6-2/h22-23H,5-21H2,1-4H3. The maximum atomic E-state index is 12.3. The van der Waals surface area contributed by atoms with Crippen molar-refractivity contribution >= 4 is 5.97 Å². The fourth-order valence-corrected chi connectivity index (χ4v) is 3.57. The van der Waals surface area contributed by atoms with E-state index in [0.29, 0.717) is 0 Å². The van der Waals surface area contributed by atoms with Crippen LogP contribution < -0.4 is 0 Å². The summed E-state index contributed by atoms with van der Waals surface area (Å²) in [4.78, 5) is 12.3. The lowest BCUT2D eigenvalue weighted by Crippen LogP contribution is -2.22. The van der Waals surface area contributed by atoms with Gasteiger partial charge in [-0.15, -0.1) is 0 Å². The van der Waals surface area contributed by atoms with Crippen molar-refractivity contribution in [2.24, 2.45) is 5.92 Å². The van der Waals surface area contributed by atoms with Gasteiger partial charge in [0.05, 0.1) is 12.0 Å². The topological polar surface area (TPSA) is 26.3 Å². The van der Waals surface area contributed by atoms with E-state index >= 15 is 0 Å². The van der Waals surface area contributed by atoms with Gasteiger partial charge in [-0.3, -0.25) is 4.79 Å². The lowest BCUT2D eigenvalue weighted by atomic mass is 9.97. The quantitative estimate of drug-likeness (QED) is 0.169. The summed E-state index contributed by atoms with van der Waals surface area (Å²) in [6.07, 6.45) is 21.7. The van der Waals surface area contributed by atoms with Gasteiger partial charge in [0.1, 0.15) is 0 Å². The molecule has 2 unspecified atom stereocenters. The highest BCUT2D eigenvalue weighted by Gasteiger charge is 2.19. The van der Waals surface area contributed by atoms with Gasteiger partial charge in [-0.1, -0.05) is 111 Å². The van der Waals surface area contributed by atoms with Gasteiger partial charge in [0, 0.05) is 0 Å². The zero-order chi connectivity index (χ0) is 19.5. The summed E-state index contributed by atoms with van der Waals surface area (Å²) in [5.41, 5.74) is 0. The van der Waals surface area contributed by atoms with E-state index in [1.807, 2.05) is 6.92 Å². The second-order valence-electron chi connectivity index (χ2n) is 8.17. The van der Waals surface area contributed by atoms with E-state index in [-0.39, 0.29) is 18.0 Å². The molecule has 0 rings (SSSR count). The van der Waals surface area contributed by atoms with Crippen LogP contribution in [0.15, 0.2) is 0 Å². The SMILES string of the molecule is CCCCCCCCCCCCCCC(CC)C(=O)OC(C)CCCC. The molecule has 0 saturated heterocycles. The molecule has 2 nitrogen and oxygen atoms in total. The van der Waals surface area contributed by atoms with E-state index in [4.69, 9.17) is 4.74 Å². The largest absolute Gasteiger partial charge is 0.462 e. The fraction of sp³-hybridized carbons (Fsp3) is 0.958. The molecule has 26 heavy (non-hydrogen) atoms. The van der Waals surface area contributed by atoms with Gasteiger partial charge in [0.15, 0.2) is 0 Å².